The Bertz CT molecular complexity index is 3090. The highest BCUT2D eigenvalue weighted by Crippen LogP contribution is 2.46. The lowest BCUT2D eigenvalue weighted by molar-refractivity contribution is 0.669. The minimum atomic E-state index is 0.869. The Morgan fingerprint density at radius 3 is 1.90 bits per heavy atom. The second-order valence-electron chi connectivity index (χ2n) is 12.9. The van der Waals surface area contributed by atoms with Crippen molar-refractivity contribution in [3.8, 4) is 11.1 Å². The molecule has 11 rings (SSSR count). The molecule has 234 valence electrons. The molecule has 0 aliphatic carbocycles. The van der Waals surface area contributed by atoms with Gasteiger partial charge in [-0.25, -0.2) is 0 Å². The molecule has 3 nitrogen and oxygen atoms in total. The molecule has 0 unspecified atom stereocenters. The van der Waals surface area contributed by atoms with E-state index in [1.165, 1.54) is 36.7 Å². The van der Waals surface area contributed by atoms with Crippen molar-refractivity contribution in [2.45, 2.75) is 0 Å². The maximum atomic E-state index is 6.72. The fourth-order valence-corrected chi connectivity index (χ4v) is 8.73. The summed E-state index contributed by atoms with van der Waals surface area (Å²) < 4.78 is 15.5. The lowest BCUT2D eigenvalue weighted by Gasteiger charge is -2.26. The predicted octanol–water partition coefficient (Wildman–Crippen LogP) is 14.1. The number of nitrogens with zero attached hydrogens (tertiary/aromatic N) is 1. The molecule has 11 aromatic rings. The van der Waals surface area contributed by atoms with Gasteiger partial charge in [0.25, 0.3) is 0 Å². The zero-order valence-corrected chi connectivity index (χ0v) is 27.6. The maximum absolute atomic E-state index is 6.72. The zero-order valence-electron chi connectivity index (χ0n) is 26.8. The number of rotatable bonds is 4. The summed E-state index contributed by atoms with van der Waals surface area (Å²) in [4.78, 5) is 2.33. The van der Waals surface area contributed by atoms with Crippen molar-refractivity contribution in [2.24, 2.45) is 0 Å². The van der Waals surface area contributed by atoms with E-state index in [0.29, 0.717) is 0 Å². The van der Waals surface area contributed by atoms with E-state index in [4.69, 9.17) is 8.83 Å². The number of hydrogen-bond acceptors (Lipinski definition) is 4. The highest BCUT2D eigenvalue weighted by atomic mass is 32.1. The van der Waals surface area contributed by atoms with Crippen LogP contribution in [0.15, 0.2) is 173 Å². The topological polar surface area (TPSA) is 29.5 Å². The van der Waals surface area contributed by atoms with E-state index < -0.39 is 0 Å². The van der Waals surface area contributed by atoms with Crippen LogP contribution in [-0.4, -0.2) is 0 Å². The van der Waals surface area contributed by atoms with Crippen molar-refractivity contribution in [1.29, 1.82) is 0 Å². The fraction of sp³-hybridized carbons (Fsp3) is 0. The molecule has 0 atom stereocenters. The largest absolute Gasteiger partial charge is 0.456 e. The van der Waals surface area contributed by atoms with Gasteiger partial charge in [0.15, 0.2) is 0 Å². The summed E-state index contributed by atoms with van der Waals surface area (Å²) >= 11 is 1.81. The van der Waals surface area contributed by atoms with Crippen LogP contribution in [0.25, 0.3) is 85.9 Å². The van der Waals surface area contributed by atoms with Gasteiger partial charge in [-0.1, -0.05) is 84.9 Å². The molecule has 0 N–H and O–H groups in total. The summed E-state index contributed by atoms with van der Waals surface area (Å²) in [5, 5.41) is 9.29. The van der Waals surface area contributed by atoms with Crippen LogP contribution in [0.2, 0.25) is 0 Å². The summed E-state index contributed by atoms with van der Waals surface area (Å²) in [6.07, 6.45) is 0. The number of hydrogen-bond donors (Lipinski definition) is 0. The van der Waals surface area contributed by atoms with E-state index in [1.54, 1.807) is 0 Å². The second kappa shape index (κ2) is 10.6. The van der Waals surface area contributed by atoms with Gasteiger partial charge in [0.2, 0.25) is 0 Å². The van der Waals surface area contributed by atoms with E-state index >= 15 is 0 Å². The molecule has 50 heavy (non-hydrogen) atoms. The lowest BCUT2D eigenvalue weighted by atomic mass is 10.0. The van der Waals surface area contributed by atoms with Crippen LogP contribution in [0.3, 0.4) is 0 Å². The van der Waals surface area contributed by atoms with E-state index in [9.17, 15) is 0 Å². The normalized spacial score (nSPS) is 12.0. The molecule has 0 spiro atoms. The Morgan fingerprint density at radius 2 is 1.02 bits per heavy atom. The standard InChI is InChI=1S/C46H27NO2S/c1-2-8-28(9-3-1)29-14-16-32(17-15-29)47(34-18-20-36-35-12-6-7-13-40(35)48-42(36)27-34)33-19-22-43-39(26-33)45-44(50-43)23-21-37-38-24-30-10-4-5-11-31(30)25-41(38)49-46(37)45/h1-27H. The molecule has 0 amide bonds. The number of para-hydroxylation sites is 1. The van der Waals surface area contributed by atoms with Gasteiger partial charge in [-0.05, 0) is 94.7 Å². The molecule has 0 saturated carbocycles. The summed E-state index contributed by atoms with van der Waals surface area (Å²) in [7, 11) is 0. The Hall–Kier alpha value is -6.36. The summed E-state index contributed by atoms with van der Waals surface area (Å²) in [5.41, 5.74) is 9.17. The van der Waals surface area contributed by atoms with Crippen molar-refractivity contribution >= 4 is 103 Å². The maximum Gasteiger partial charge on any atom is 0.144 e. The number of benzene rings is 8. The Balaban J connectivity index is 1.13. The monoisotopic (exact) mass is 657 g/mol. The van der Waals surface area contributed by atoms with Crippen LogP contribution in [0.1, 0.15) is 0 Å². The first-order chi connectivity index (χ1) is 24.7. The van der Waals surface area contributed by atoms with E-state index in [0.717, 1.165) is 66.3 Å². The van der Waals surface area contributed by atoms with Crippen molar-refractivity contribution < 1.29 is 8.83 Å². The molecule has 0 aliphatic rings. The first kappa shape index (κ1) is 27.6. The third-order valence-corrected chi connectivity index (χ3v) is 11.2. The highest BCUT2D eigenvalue weighted by Gasteiger charge is 2.20. The molecule has 0 bridgehead atoms. The highest BCUT2D eigenvalue weighted by molar-refractivity contribution is 7.26. The molecular weight excluding hydrogens is 631 g/mol. The zero-order chi connectivity index (χ0) is 32.8. The first-order valence-electron chi connectivity index (χ1n) is 16.8. The van der Waals surface area contributed by atoms with E-state index in [2.05, 4.69) is 157 Å². The van der Waals surface area contributed by atoms with Gasteiger partial charge in [-0.2, -0.15) is 0 Å². The van der Waals surface area contributed by atoms with Crippen LogP contribution in [-0.2, 0) is 0 Å². The number of furan rings is 2. The van der Waals surface area contributed by atoms with Crippen LogP contribution < -0.4 is 4.90 Å². The van der Waals surface area contributed by atoms with Crippen LogP contribution >= 0.6 is 11.3 Å². The molecule has 0 aliphatic heterocycles. The quantitative estimate of drug-likeness (QED) is 0.189. The summed E-state index contributed by atoms with van der Waals surface area (Å²) in [5.74, 6) is 0. The van der Waals surface area contributed by atoms with Crippen molar-refractivity contribution in [3.63, 3.8) is 0 Å². The molecule has 3 heterocycles. The molecule has 8 aromatic carbocycles. The van der Waals surface area contributed by atoms with E-state index in [-0.39, 0.29) is 0 Å². The van der Waals surface area contributed by atoms with Crippen molar-refractivity contribution in [3.05, 3.63) is 164 Å². The van der Waals surface area contributed by atoms with Gasteiger partial charge in [-0.3, -0.25) is 0 Å². The van der Waals surface area contributed by atoms with Gasteiger partial charge in [0.05, 0.1) is 0 Å². The molecule has 0 fully saturated rings. The third-order valence-electron chi connectivity index (χ3n) is 10.0. The third kappa shape index (κ3) is 4.16. The smallest absolute Gasteiger partial charge is 0.144 e. The number of anilines is 3. The van der Waals surface area contributed by atoms with Gasteiger partial charge in [0.1, 0.15) is 22.3 Å². The Labute approximate surface area is 290 Å². The molecule has 0 radical (unpaired) electrons. The van der Waals surface area contributed by atoms with Crippen molar-refractivity contribution in [1.82, 2.24) is 0 Å². The summed E-state index contributed by atoms with van der Waals surface area (Å²) in [6.45, 7) is 0. The van der Waals surface area contributed by atoms with Crippen LogP contribution in [0.4, 0.5) is 17.1 Å². The van der Waals surface area contributed by atoms with Crippen molar-refractivity contribution in [2.75, 3.05) is 4.90 Å². The van der Waals surface area contributed by atoms with Gasteiger partial charge in [0, 0.05) is 64.8 Å². The van der Waals surface area contributed by atoms with Crippen LogP contribution in [0.5, 0.6) is 0 Å². The average Bonchev–Trinajstić information content (AvgIpc) is 3.85. The van der Waals surface area contributed by atoms with Gasteiger partial charge in [-0.15, -0.1) is 11.3 Å². The van der Waals surface area contributed by atoms with Gasteiger partial charge < -0.3 is 13.7 Å². The molecule has 0 saturated heterocycles. The minimum absolute atomic E-state index is 0.869. The molecule has 3 aromatic heterocycles. The van der Waals surface area contributed by atoms with Gasteiger partial charge >= 0.3 is 0 Å². The lowest BCUT2D eigenvalue weighted by Crippen LogP contribution is -2.09. The first-order valence-corrected chi connectivity index (χ1v) is 17.6. The minimum Gasteiger partial charge on any atom is -0.456 e. The average molecular weight is 658 g/mol. The fourth-order valence-electron chi connectivity index (χ4n) is 7.64. The Morgan fingerprint density at radius 1 is 0.380 bits per heavy atom. The van der Waals surface area contributed by atoms with E-state index in [1.807, 2.05) is 23.5 Å². The SMILES string of the molecule is c1ccc(-c2ccc(N(c3ccc4c(c3)oc3ccccc34)c3ccc4sc5ccc6c7cc8ccccc8cc7oc6c5c4c3)cc2)cc1. The summed E-state index contributed by atoms with van der Waals surface area (Å²) in [6, 6.07) is 58.4. The van der Waals surface area contributed by atoms with Crippen LogP contribution in [0, 0.1) is 0 Å². The number of fused-ring (bicyclic) bond motifs is 11. The predicted molar refractivity (Wildman–Crippen MR) is 212 cm³/mol. The molecule has 4 heteroatoms. The second-order valence-corrected chi connectivity index (χ2v) is 14.0. The molecular formula is C46H27NO2S. The number of thiophene rings is 1. The Kier molecular flexibility index (Phi) is 5.83.